The molecule has 0 atom stereocenters. The van der Waals surface area contributed by atoms with Crippen LogP contribution >= 0.6 is 0 Å². The smallest absolute Gasteiger partial charge is 0.207 e. The fourth-order valence-corrected chi connectivity index (χ4v) is 1.61. The summed E-state index contributed by atoms with van der Waals surface area (Å²) < 4.78 is 26.8. The first-order valence-corrected chi connectivity index (χ1v) is 4.79. The molecule has 0 nitrogen and oxygen atoms in total. The van der Waals surface area contributed by atoms with Crippen LogP contribution in [0.25, 0.3) is 0 Å². The Labute approximate surface area is 80.7 Å². The van der Waals surface area contributed by atoms with Crippen LogP contribution in [0.5, 0.6) is 0 Å². The van der Waals surface area contributed by atoms with Crippen molar-refractivity contribution < 1.29 is 8.78 Å². The highest BCUT2D eigenvalue weighted by Gasteiger charge is 2.37. The lowest BCUT2D eigenvalue weighted by atomic mass is 9.81. The summed E-state index contributed by atoms with van der Waals surface area (Å²) in [6, 6.07) is 0. The van der Waals surface area contributed by atoms with Gasteiger partial charge in [-0.3, -0.25) is 0 Å². The van der Waals surface area contributed by atoms with E-state index in [1.54, 1.807) is 0 Å². The van der Waals surface area contributed by atoms with Gasteiger partial charge in [0.1, 0.15) is 0 Å². The van der Waals surface area contributed by atoms with Crippen LogP contribution in [0, 0.1) is 10.8 Å². The van der Waals surface area contributed by atoms with E-state index in [2.05, 4.69) is 0 Å². The van der Waals surface area contributed by atoms with Crippen LogP contribution in [0.2, 0.25) is 0 Å². The molecule has 0 radical (unpaired) electrons. The topological polar surface area (TPSA) is 0 Å². The van der Waals surface area contributed by atoms with Gasteiger partial charge in [-0.05, 0) is 10.8 Å². The number of halogens is 2. The molecule has 13 heavy (non-hydrogen) atoms. The standard InChI is InChI=1S/C11H22F2/c1-9(2,3)7-11(12,13)8-10(4,5)6/h7-8H2,1-6H3. The van der Waals surface area contributed by atoms with E-state index >= 15 is 0 Å². The number of hydrogen-bond donors (Lipinski definition) is 0. The van der Waals surface area contributed by atoms with E-state index in [1.165, 1.54) is 0 Å². The predicted molar refractivity (Wildman–Crippen MR) is 53.1 cm³/mol. The van der Waals surface area contributed by atoms with Gasteiger partial charge in [-0.2, -0.15) is 0 Å². The lowest BCUT2D eigenvalue weighted by Gasteiger charge is -2.30. The van der Waals surface area contributed by atoms with Crippen molar-refractivity contribution in [2.24, 2.45) is 10.8 Å². The van der Waals surface area contributed by atoms with Gasteiger partial charge in [-0.1, -0.05) is 41.5 Å². The second kappa shape index (κ2) is 3.55. The molecule has 80 valence electrons. The zero-order valence-corrected chi connectivity index (χ0v) is 9.67. The van der Waals surface area contributed by atoms with Crippen LogP contribution in [0.4, 0.5) is 8.78 Å². The normalized spacial score (nSPS) is 14.8. The Bertz CT molecular complexity index is 140. The van der Waals surface area contributed by atoms with Crippen molar-refractivity contribution in [1.29, 1.82) is 0 Å². The van der Waals surface area contributed by atoms with Crippen molar-refractivity contribution in [3.05, 3.63) is 0 Å². The van der Waals surface area contributed by atoms with E-state index in [1.807, 2.05) is 41.5 Å². The van der Waals surface area contributed by atoms with Crippen molar-refractivity contribution >= 4 is 0 Å². The second-order valence-electron chi connectivity index (χ2n) is 6.33. The van der Waals surface area contributed by atoms with Gasteiger partial charge in [0, 0.05) is 12.8 Å². The maximum atomic E-state index is 13.4. The Balaban J connectivity index is 4.25. The third kappa shape index (κ3) is 8.20. The third-order valence-electron chi connectivity index (χ3n) is 1.58. The van der Waals surface area contributed by atoms with Gasteiger partial charge >= 0.3 is 0 Å². The maximum absolute atomic E-state index is 13.4. The molecule has 0 aromatic carbocycles. The van der Waals surface area contributed by atoms with Gasteiger partial charge in [0.05, 0.1) is 0 Å². The number of alkyl halides is 2. The van der Waals surface area contributed by atoms with Gasteiger partial charge in [-0.15, -0.1) is 0 Å². The van der Waals surface area contributed by atoms with Crippen LogP contribution in [-0.4, -0.2) is 5.92 Å². The minimum atomic E-state index is -2.53. The van der Waals surface area contributed by atoms with Crippen LogP contribution in [-0.2, 0) is 0 Å². The molecule has 0 saturated heterocycles. The molecule has 0 spiro atoms. The van der Waals surface area contributed by atoms with Crippen LogP contribution in [0.15, 0.2) is 0 Å². The summed E-state index contributed by atoms with van der Waals surface area (Å²) in [7, 11) is 0. The SMILES string of the molecule is CC(C)(C)CC(F)(F)CC(C)(C)C. The summed E-state index contributed by atoms with van der Waals surface area (Å²) in [6.45, 7) is 11.1. The molecular weight excluding hydrogens is 170 g/mol. The zero-order valence-electron chi connectivity index (χ0n) is 9.67. The highest BCUT2D eigenvalue weighted by Crippen LogP contribution is 2.39. The molecule has 0 bridgehead atoms. The van der Waals surface area contributed by atoms with Crippen LogP contribution in [0.1, 0.15) is 54.4 Å². The first kappa shape index (κ1) is 12.9. The number of hydrogen-bond acceptors (Lipinski definition) is 0. The minimum absolute atomic E-state index is 0.0305. The molecule has 0 saturated carbocycles. The lowest BCUT2D eigenvalue weighted by molar-refractivity contribution is -0.0658. The van der Waals surface area contributed by atoms with Crippen molar-refractivity contribution in [2.75, 3.05) is 0 Å². The molecule has 0 heterocycles. The molecule has 0 aromatic heterocycles. The molecule has 0 aliphatic rings. The average Bonchev–Trinajstić information content (AvgIpc) is 1.43. The van der Waals surface area contributed by atoms with Gasteiger partial charge in [-0.25, -0.2) is 8.78 Å². The van der Waals surface area contributed by atoms with Gasteiger partial charge in [0.15, 0.2) is 0 Å². The molecule has 2 heteroatoms. The van der Waals surface area contributed by atoms with E-state index in [4.69, 9.17) is 0 Å². The van der Waals surface area contributed by atoms with Crippen LogP contribution in [0.3, 0.4) is 0 Å². The van der Waals surface area contributed by atoms with E-state index < -0.39 is 5.92 Å². The molecular formula is C11H22F2. The van der Waals surface area contributed by atoms with E-state index in [9.17, 15) is 8.78 Å². The molecule has 0 aromatic rings. The first-order valence-electron chi connectivity index (χ1n) is 4.79. The van der Waals surface area contributed by atoms with Crippen LogP contribution < -0.4 is 0 Å². The fraction of sp³-hybridized carbons (Fsp3) is 1.00. The highest BCUT2D eigenvalue weighted by atomic mass is 19.3. The Morgan fingerprint density at radius 1 is 0.692 bits per heavy atom. The molecule has 0 amide bonds. The highest BCUT2D eigenvalue weighted by molar-refractivity contribution is 4.79. The molecule has 0 aliphatic heterocycles. The quantitative estimate of drug-likeness (QED) is 0.604. The summed E-state index contributed by atoms with van der Waals surface area (Å²) in [4.78, 5) is 0. The Kier molecular flexibility index (Phi) is 3.51. The van der Waals surface area contributed by atoms with Gasteiger partial charge < -0.3 is 0 Å². The summed E-state index contributed by atoms with van der Waals surface area (Å²) in [5.41, 5.74) is -0.594. The molecule has 0 unspecified atom stereocenters. The summed E-state index contributed by atoms with van der Waals surface area (Å²) in [5.74, 6) is -2.53. The van der Waals surface area contributed by atoms with Gasteiger partial charge in [0.25, 0.3) is 0 Å². The largest absolute Gasteiger partial charge is 0.249 e. The van der Waals surface area contributed by atoms with Gasteiger partial charge in [0.2, 0.25) is 5.92 Å². The molecule has 0 rings (SSSR count). The van der Waals surface area contributed by atoms with Crippen molar-refractivity contribution in [3.63, 3.8) is 0 Å². The van der Waals surface area contributed by atoms with Crippen molar-refractivity contribution in [2.45, 2.75) is 60.3 Å². The van der Waals surface area contributed by atoms with E-state index in [0.717, 1.165) is 0 Å². The molecule has 0 aliphatic carbocycles. The lowest BCUT2D eigenvalue weighted by Crippen LogP contribution is -2.29. The maximum Gasteiger partial charge on any atom is 0.249 e. The monoisotopic (exact) mass is 192 g/mol. The van der Waals surface area contributed by atoms with Crippen molar-refractivity contribution in [1.82, 2.24) is 0 Å². The minimum Gasteiger partial charge on any atom is -0.207 e. The predicted octanol–water partition coefficient (Wildman–Crippen LogP) is 4.49. The summed E-state index contributed by atoms with van der Waals surface area (Å²) in [6.07, 6.45) is -0.0610. The Morgan fingerprint density at radius 2 is 0.923 bits per heavy atom. The summed E-state index contributed by atoms with van der Waals surface area (Å²) >= 11 is 0. The Morgan fingerprint density at radius 3 is 1.08 bits per heavy atom. The average molecular weight is 192 g/mol. The number of rotatable bonds is 2. The molecule has 0 N–H and O–H groups in total. The van der Waals surface area contributed by atoms with E-state index in [-0.39, 0.29) is 23.7 Å². The Hall–Kier alpha value is -0.140. The zero-order chi connectivity index (χ0) is 10.9. The van der Waals surface area contributed by atoms with E-state index in [0.29, 0.717) is 0 Å². The fourth-order valence-electron chi connectivity index (χ4n) is 1.61. The second-order valence-corrected chi connectivity index (χ2v) is 6.33. The summed E-state index contributed by atoms with van der Waals surface area (Å²) in [5, 5.41) is 0. The first-order chi connectivity index (χ1) is 5.41. The van der Waals surface area contributed by atoms with Crippen molar-refractivity contribution in [3.8, 4) is 0 Å². The third-order valence-corrected chi connectivity index (χ3v) is 1.58. The molecule has 0 fully saturated rings.